The van der Waals surface area contributed by atoms with Crippen molar-refractivity contribution in [3.05, 3.63) is 35.9 Å². The first-order valence-corrected chi connectivity index (χ1v) is 7.51. The van der Waals surface area contributed by atoms with Crippen molar-refractivity contribution < 1.29 is 13.5 Å². The second-order valence-corrected chi connectivity index (χ2v) is 6.08. The Morgan fingerprint density at radius 1 is 1.22 bits per heavy atom. The van der Waals surface area contributed by atoms with Crippen molar-refractivity contribution in [2.75, 3.05) is 19.7 Å². The van der Waals surface area contributed by atoms with Crippen LogP contribution in [0.1, 0.15) is 24.4 Å². The zero-order chi connectivity index (χ0) is 13.0. The minimum Gasteiger partial charge on any atom is -0.394 e. The zero-order valence-corrected chi connectivity index (χ0v) is 10.9. The molecule has 2 N–H and O–H groups in total. The fourth-order valence-corrected chi connectivity index (χ4v) is 3.54. The predicted octanol–water partition coefficient (Wildman–Crippen LogP) is 0.650. The van der Waals surface area contributed by atoms with Crippen molar-refractivity contribution in [2.45, 2.75) is 18.9 Å². The van der Waals surface area contributed by atoms with Gasteiger partial charge in [0.05, 0.1) is 12.6 Å². The van der Waals surface area contributed by atoms with Gasteiger partial charge < -0.3 is 5.11 Å². The summed E-state index contributed by atoms with van der Waals surface area (Å²) in [7, 11) is -3.50. The van der Waals surface area contributed by atoms with Gasteiger partial charge in [0, 0.05) is 13.1 Å². The molecule has 1 heterocycles. The van der Waals surface area contributed by atoms with E-state index in [1.54, 1.807) is 12.1 Å². The summed E-state index contributed by atoms with van der Waals surface area (Å²) < 4.78 is 28.1. The lowest BCUT2D eigenvalue weighted by atomic mass is 10.1. The van der Waals surface area contributed by atoms with Crippen LogP contribution >= 0.6 is 0 Å². The van der Waals surface area contributed by atoms with E-state index < -0.39 is 16.3 Å². The van der Waals surface area contributed by atoms with E-state index in [1.807, 2.05) is 18.2 Å². The van der Waals surface area contributed by atoms with Gasteiger partial charge >= 0.3 is 0 Å². The summed E-state index contributed by atoms with van der Waals surface area (Å²) in [6, 6.07) is 8.51. The highest BCUT2D eigenvalue weighted by Crippen LogP contribution is 2.17. The molecule has 0 saturated carbocycles. The van der Waals surface area contributed by atoms with E-state index in [-0.39, 0.29) is 6.61 Å². The zero-order valence-electron chi connectivity index (χ0n) is 10.1. The number of aliphatic hydroxyl groups is 1. The molecule has 0 spiro atoms. The predicted molar refractivity (Wildman–Crippen MR) is 69.1 cm³/mol. The molecule has 100 valence electrons. The molecule has 0 amide bonds. The van der Waals surface area contributed by atoms with E-state index >= 15 is 0 Å². The highest BCUT2D eigenvalue weighted by molar-refractivity contribution is 7.87. The highest BCUT2D eigenvalue weighted by Gasteiger charge is 2.27. The largest absolute Gasteiger partial charge is 0.394 e. The normalized spacial score (nSPS) is 18.9. The molecular formula is C12H18N2O3S. The number of nitrogens with one attached hydrogen (secondary N) is 1. The molecule has 1 fully saturated rings. The summed E-state index contributed by atoms with van der Waals surface area (Å²) in [6.07, 6.45) is 1.80. The average Bonchev–Trinajstić information content (AvgIpc) is 2.92. The first kappa shape index (κ1) is 13.5. The Balaban J connectivity index is 2.11. The lowest BCUT2D eigenvalue weighted by molar-refractivity contribution is 0.256. The van der Waals surface area contributed by atoms with E-state index in [0.717, 1.165) is 18.4 Å². The molecule has 6 heteroatoms. The van der Waals surface area contributed by atoms with Crippen LogP contribution in [0.3, 0.4) is 0 Å². The van der Waals surface area contributed by atoms with Gasteiger partial charge in [-0.15, -0.1) is 0 Å². The molecule has 0 aromatic heterocycles. The van der Waals surface area contributed by atoms with Crippen LogP contribution in [0.15, 0.2) is 30.3 Å². The number of hydrogen-bond acceptors (Lipinski definition) is 3. The molecule has 5 nitrogen and oxygen atoms in total. The Morgan fingerprint density at radius 2 is 1.83 bits per heavy atom. The Bertz CT molecular complexity index is 469. The minimum absolute atomic E-state index is 0.253. The average molecular weight is 270 g/mol. The van der Waals surface area contributed by atoms with Gasteiger partial charge in [-0.25, -0.2) is 0 Å². The number of rotatable bonds is 5. The van der Waals surface area contributed by atoms with Crippen LogP contribution in [-0.2, 0) is 10.2 Å². The van der Waals surface area contributed by atoms with Crippen molar-refractivity contribution >= 4 is 10.2 Å². The lowest BCUT2D eigenvalue weighted by Crippen LogP contribution is -2.41. The molecule has 0 radical (unpaired) electrons. The van der Waals surface area contributed by atoms with Crippen LogP contribution in [0.25, 0.3) is 0 Å². The third-order valence-corrected chi connectivity index (χ3v) is 4.71. The van der Waals surface area contributed by atoms with Crippen LogP contribution in [0.2, 0.25) is 0 Å². The van der Waals surface area contributed by atoms with E-state index in [9.17, 15) is 13.5 Å². The molecule has 2 rings (SSSR count). The van der Waals surface area contributed by atoms with Gasteiger partial charge in [0.25, 0.3) is 10.2 Å². The molecule has 0 aliphatic carbocycles. The quantitative estimate of drug-likeness (QED) is 0.825. The van der Waals surface area contributed by atoms with Gasteiger partial charge in [0.15, 0.2) is 0 Å². The van der Waals surface area contributed by atoms with Gasteiger partial charge in [-0.1, -0.05) is 30.3 Å². The Hall–Kier alpha value is -0.950. The van der Waals surface area contributed by atoms with Crippen LogP contribution in [0.5, 0.6) is 0 Å². The van der Waals surface area contributed by atoms with E-state index in [2.05, 4.69) is 4.72 Å². The fourth-order valence-electron chi connectivity index (χ4n) is 2.08. The summed E-state index contributed by atoms with van der Waals surface area (Å²) in [5, 5.41) is 9.34. The van der Waals surface area contributed by atoms with Crippen molar-refractivity contribution in [1.82, 2.24) is 9.03 Å². The van der Waals surface area contributed by atoms with Gasteiger partial charge in [-0.2, -0.15) is 17.4 Å². The molecule has 1 atom stereocenters. The summed E-state index contributed by atoms with van der Waals surface area (Å²) in [6.45, 7) is 0.863. The van der Waals surface area contributed by atoms with Crippen molar-refractivity contribution in [2.24, 2.45) is 0 Å². The number of aliphatic hydroxyl groups excluding tert-OH is 1. The van der Waals surface area contributed by atoms with Crippen LogP contribution in [0.4, 0.5) is 0 Å². The van der Waals surface area contributed by atoms with Crippen molar-refractivity contribution in [3.8, 4) is 0 Å². The first-order valence-electron chi connectivity index (χ1n) is 6.06. The third-order valence-electron chi connectivity index (χ3n) is 3.08. The Morgan fingerprint density at radius 3 is 2.39 bits per heavy atom. The fraction of sp³-hybridized carbons (Fsp3) is 0.500. The number of nitrogens with zero attached hydrogens (tertiary/aromatic N) is 1. The standard InChI is InChI=1S/C12H18N2O3S/c15-10-12(11-6-2-1-3-7-11)13-18(16,17)14-8-4-5-9-14/h1-3,6-7,12-13,15H,4-5,8-10H2/t12-/m1/s1. The Kier molecular flexibility index (Phi) is 4.34. The summed E-state index contributed by atoms with van der Waals surface area (Å²) in [5.41, 5.74) is 0.766. The van der Waals surface area contributed by atoms with Crippen LogP contribution < -0.4 is 4.72 Å². The number of benzene rings is 1. The van der Waals surface area contributed by atoms with Crippen LogP contribution in [0, 0.1) is 0 Å². The molecule has 1 saturated heterocycles. The van der Waals surface area contributed by atoms with Crippen molar-refractivity contribution in [1.29, 1.82) is 0 Å². The monoisotopic (exact) mass is 270 g/mol. The maximum atomic E-state index is 12.1. The maximum absolute atomic E-state index is 12.1. The lowest BCUT2D eigenvalue weighted by Gasteiger charge is -2.21. The molecule has 0 unspecified atom stereocenters. The highest BCUT2D eigenvalue weighted by atomic mass is 32.2. The van der Waals surface area contributed by atoms with Gasteiger partial charge in [0.1, 0.15) is 0 Å². The molecule has 18 heavy (non-hydrogen) atoms. The topological polar surface area (TPSA) is 69.6 Å². The van der Waals surface area contributed by atoms with Crippen molar-refractivity contribution in [3.63, 3.8) is 0 Å². The van der Waals surface area contributed by atoms with Gasteiger partial charge in [0.2, 0.25) is 0 Å². The second-order valence-electron chi connectivity index (χ2n) is 4.37. The maximum Gasteiger partial charge on any atom is 0.280 e. The number of hydrogen-bond donors (Lipinski definition) is 2. The van der Waals surface area contributed by atoms with E-state index in [1.165, 1.54) is 4.31 Å². The molecule has 1 aliphatic heterocycles. The SMILES string of the molecule is O=S(=O)(N[C@H](CO)c1ccccc1)N1CCCC1. The van der Waals surface area contributed by atoms with Gasteiger partial charge in [-0.3, -0.25) is 0 Å². The Labute approximate surface area is 108 Å². The molecule has 1 aliphatic rings. The molecule has 1 aromatic rings. The first-order chi connectivity index (χ1) is 8.63. The minimum atomic E-state index is -3.50. The second kappa shape index (κ2) is 5.79. The summed E-state index contributed by atoms with van der Waals surface area (Å²) in [5.74, 6) is 0. The van der Waals surface area contributed by atoms with E-state index in [0.29, 0.717) is 13.1 Å². The van der Waals surface area contributed by atoms with E-state index in [4.69, 9.17) is 0 Å². The van der Waals surface area contributed by atoms with Crippen LogP contribution in [-0.4, -0.2) is 37.5 Å². The smallest absolute Gasteiger partial charge is 0.280 e. The van der Waals surface area contributed by atoms with Gasteiger partial charge in [-0.05, 0) is 18.4 Å². The molecular weight excluding hydrogens is 252 g/mol. The molecule has 0 bridgehead atoms. The molecule has 1 aromatic carbocycles. The summed E-state index contributed by atoms with van der Waals surface area (Å²) >= 11 is 0. The summed E-state index contributed by atoms with van der Waals surface area (Å²) in [4.78, 5) is 0. The third kappa shape index (κ3) is 3.08.